The fourth-order valence-electron chi connectivity index (χ4n) is 4.47. The highest BCUT2D eigenvalue weighted by molar-refractivity contribution is 7.90. The molecule has 0 saturated heterocycles. The summed E-state index contributed by atoms with van der Waals surface area (Å²) >= 11 is 0. The zero-order valence-corrected chi connectivity index (χ0v) is 23.9. The van der Waals surface area contributed by atoms with Crippen molar-refractivity contribution in [2.45, 2.75) is 62.7 Å². The molecule has 4 N–H and O–H groups in total. The Kier molecular flexibility index (Phi) is 10.4. The molecule has 224 valence electrons. The van der Waals surface area contributed by atoms with E-state index in [1.165, 1.54) is 30.3 Å². The fraction of sp³-hybridized carbons (Fsp3) is 0.464. The van der Waals surface area contributed by atoms with Crippen molar-refractivity contribution in [1.82, 2.24) is 16.0 Å². The van der Waals surface area contributed by atoms with Crippen LogP contribution in [0.4, 0.5) is 18.9 Å². The van der Waals surface area contributed by atoms with Crippen LogP contribution in [0.15, 0.2) is 47.4 Å². The van der Waals surface area contributed by atoms with Crippen molar-refractivity contribution >= 4 is 33.2 Å². The average molecular weight is 597 g/mol. The molecule has 1 aliphatic rings. The van der Waals surface area contributed by atoms with E-state index in [0.29, 0.717) is 19.4 Å². The molecule has 0 heterocycles. The highest BCUT2D eigenvalue weighted by Gasteiger charge is 2.32. The van der Waals surface area contributed by atoms with E-state index < -0.39 is 57.9 Å². The van der Waals surface area contributed by atoms with Crippen molar-refractivity contribution in [3.8, 4) is 0 Å². The van der Waals surface area contributed by atoms with Gasteiger partial charge in [0.25, 0.3) is 11.8 Å². The molecule has 2 aromatic rings. The first kappa shape index (κ1) is 31.9. The molecule has 13 heteroatoms. The molecule has 0 radical (unpaired) electrons. The first-order valence-corrected chi connectivity index (χ1v) is 15.2. The Morgan fingerprint density at radius 1 is 0.927 bits per heavy atom. The smallest absolute Gasteiger partial charge is 0.384 e. The maximum atomic E-state index is 13.3. The Morgan fingerprint density at radius 3 is 2.10 bits per heavy atom. The average Bonchev–Trinajstić information content (AvgIpc) is 2.90. The Labute approximate surface area is 237 Å². The van der Waals surface area contributed by atoms with Crippen molar-refractivity contribution in [2.75, 3.05) is 24.7 Å². The summed E-state index contributed by atoms with van der Waals surface area (Å²) in [7, 11) is -3.40. The number of benzene rings is 2. The lowest BCUT2D eigenvalue weighted by Gasteiger charge is -2.33. The van der Waals surface area contributed by atoms with Gasteiger partial charge < -0.3 is 21.3 Å². The van der Waals surface area contributed by atoms with Crippen LogP contribution >= 0.6 is 0 Å². The number of carbonyl (C=O) groups is 3. The van der Waals surface area contributed by atoms with Crippen molar-refractivity contribution in [3.63, 3.8) is 0 Å². The van der Waals surface area contributed by atoms with Crippen LogP contribution in [0.5, 0.6) is 0 Å². The Balaban J connectivity index is 1.63. The summed E-state index contributed by atoms with van der Waals surface area (Å²) in [4.78, 5) is 38.4. The maximum Gasteiger partial charge on any atom is 0.416 e. The molecule has 2 aromatic carbocycles. The lowest BCUT2D eigenvalue weighted by Crippen LogP contribution is -2.54. The summed E-state index contributed by atoms with van der Waals surface area (Å²) in [5.41, 5.74) is -0.709. The summed E-state index contributed by atoms with van der Waals surface area (Å²) in [5, 5.41) is 11.1. The van der Waals surface area contributed by atoms with E-state index in [2.05, 4.69) is 21.3 Å². The molecule has 0 bridgehead atoms. The number of hydrogen-bond donors (Lipinski definition) is 4. The lowest BCUT2D eigenvalue weighted by molar-refractivity contribution is -0.137. The van der Waals surface area contributed by atoms with E-state index in [9.17, 15) is 36.0 Å². The van der Waals surface area contributed by atoms with Gasteiger partial charge in [0.15, 0.2) is 9.84 Å². The molecule has 9 nitrogen and oxygen atoms in total. The summed E-state index contributed by atoms with van der Waals surface area (Å²) in [6, 6.07) is 7.54. The molecule has 1 fully saturated rings. The van der Waals surface area contributed by atoms with Gasteiger partial charge in [0.05, 0.1) is 22.6 Å². The topological polar surface area (TPSA) is 133 Å². The van der Waals surface area contributed by atoms with Crippen molar-refractivity contribution in [1.29, 1.82) is 0 Å². The molecule has 1 saturated carbocycles. The van der Waals surface area contributed by atoms with Crippen LogP contribution in [-0.4, -0.2) is 57.6 Å². The molecule has 41 heavy (non-hydrogen) atoms. The van der Waals surface area contributed by atoms with Gasteiger partial charge >= 0.3 is 6.18 Å². The number of nitrogens with one attached hydrogen (secondary N) is 4. The molecule has 0 spiro atoms. The Bertz CT molecular complexity index is 1360. The van der Waals surface area contributed by atoms with Crippen LogP contribution in [0.3, 0.4) is 0 Å². The highest BCUT2D eigenvalue weighted by atomic mass is 32.2. The minimum absolute atomic E-state index is 0.0897. The van der Waals surface area contributed by atoms with Gasteiger partial charge in [-0.05, 0) is 61.2 Å². The van der Waals surface area contributed by atoms with E-state index in [-0.39, 0.29) is 27.6 Å². The first-order valence-electron chi connectivity index (χ1n) is 13.3. The maximum absolute atomic E-state index is 13.3. The minimum atomic E-state index is -4.64. The van der Waals surface area contributed by atoms with Gasteiger partial charge in [0, 0.05) is 36.1 Å². The number of halogens is 3. The Hall–Kier alpha value is -3.61. The monoisotopic (exact) mass is 596 g/mol. The van der Waals surface area contributed by atoms with Gasteiger partial charge in [-0.3, -0.25) is 14.4 Å². The van der Waals surface area contributed by atoms with Gasteiger partial charge in [-0.25, -0.2) is 8.42 Å². The Morgan fingerprint density at radius 2 is 1.54 bits per heavy atom. The number of sulfone groups is 1. The van der Waals surface area contributed by atoms with Gasteiger partial charge in [-0.1, -0.05) is 26.7 Å². The highest BCUT2D eigenvalue weighted by Crippen LogP contribution is 2.32. The molecule has 0 unspecified atom stereocenters. The standard InChI is InChI=1S/C28H35F3N4O5S/c1-17(2)15-32-22-13-10-19(28(29,30)31)14-21(22)27(38)33-16-25(36)34-23-6-4-5-7-24(23)35-26(37)18-8-11-20(12-9-18)41(3,39)40/h8-14,17,23-24,32H,4-7,15-16H2,1-3H3,(H,33,38)(H,34,36)(H,35,37)/t23-,24+/m1/s1. The van der Waals surface area contributed by atoms with Crippen molar-refractivity contribution < 1.29 is 36.0 Å². The third-order valence-corrected chi connectivity index (χ3v) is 7.80. The van der Waals surface area contributed by atoms with E-state index in [0.717, 1.165) is 31.2 Å². The van der Waals surface area contributed by atoms with E-state index in [4.69, 9.17) is 0 Å². The predicted molar refractivity (Wildman–Crippen MR) is 148 cm³/mol. The second-order valence-corrected chi connectivity index (χ2v) is 12.6. The summed E-state index contributed by atoms with van der Waals surface area (Å²) in [5.74, 6) is -1.63. The molecule has 3 rings (SSSR count). The van der Waals surface area contributed by atoms with Crippen LogP contribution in [-0.2, 0) is 20.8 Å². The van der Waals surface area contributed by atoms with Gasteiger partial charge in [0.1, 0.15) is 0 Å². The second-order valence-electron chi connectivity index (χ2n) is 10.6. The van der Waals surface area contributed by atoms with Crippen molar-refractivity contribution in [2.24, 2.45) is 5.92 Å². The van der Waals surface area contributed by atoms with E-state index in [1.54, 1.807) is 0 Å². The second kappa shape index (κ2) is 13.4. The third-order valence-electron chi connectivity index (χ3n) is 6.68. The lowest BCUT2D eigenvalue weighted by atomic mass is 9.90. The molecular formula is C28H35F3N4O5S. The van der Waals surface area contributed by atoms with Gasteiger partial charge in [0.2, 0.25) is 5.91 Å². The van der Waals surface area contributed by atoms with E-state index >= 15 is 0 Å². The molecule has 2 atom stereocenters. The zero-order chi connectivity index (χ0) is 30.4. The number of rotatable bonds is 10. The molecule has 0 aliphatic heterocycles. The fourth-order valence-corrected chi connectivity index (χ4v) is 5.10. The third kappa shape index (κ3) is 9.20. The van der Waals surface area contributed by atoms with Crippen LogP contribution < -0.4 is 21.3 Å². The number of alkyl halides is 3. The van der Waals surface area contributed by atoms with Crippen LogP contribution in [0.1, 0.15) is 65.8 Å². The van der Waals surface area contributed by atoms with Gasteiger partial charge in [-0.2, -0.15) is 13.2 Å². The number of amides is 3. The number of anilines is 1. The number of hydrogen-bond acceptors (Lipinski definition) is 6. The van der Waals surface area contributed by atoms with Crippen molar-refractivity contribution in [3.05, 3.63) is 59.2 Å². The minimum Gasteiger partial charge on any atom is -0.384 e. The molecule has 1 aliphatic carbocycles. The quantitative estimate of drug-likeness (QED) is 0.330. The van der Waals surface area contributed by atoms with Crippen LogP contribution in [0.25, 0.3) is 0 Å². The summed E-state index contributed by atoms with van der Waals surface area (Å²) in [6.07, 6.45) is -0.764. The van der Waals surface area contributed by atoms with Crippen LogP contribution in [0.2, 0.25) is 0 Å². The van der Waals surface area contributed by atoms with Crippen LogP contribution in [0, 0.1) is 5.92 Å². The molecule has 3 amide bonds. The molecular weight excluding hydrogens is 561 g/mol. The zero-order valence-electron chi connectivity index (χ0n) is 23.1. The van der Waals surface area contributed by atoms with Gasteiger partial charge in [-0.15, -0.1) is 0 Å². The summed E-state index contributed by atoms with van der Waals surface area (Å²) in [6.45, 7) is 3.79. The van der Waals surface area contributed by atoms with E-state index in [1.807, 2.05) is 13.8 Å². The first-order chi connectivity index (χ1) is 19.1. The molecule has 0 aromatic heterocycles. The predicted octanol–water partition coefficient (Wildman–Crippen LogP) is 3.76. The number of carbonyl (C=O) groups excluding carboxylic acids is 3. The SMILES string of the molecule is CC(C)CNc1ccc(C(F)(F)F)cc1C(=O)NCC(=O)N[C@@H]1CCCC[C@@H]1NC(=O)c1ccc(S(C)(=O)=O)cc1. The summed E-state index contributed by atoms with van der Waals surface area (Å²) < 4.78 is 63.2. The largest absolute Gasteiger partial charge is 0.416 e. The normalized spacial score (nSPS) is 17.5.